The van der Waals surface area contributed by atoms with Gasteiger partial charge in [0.1, 0.15) is 11.5 Å². The number of rotatable bonds is 5. The van der Waals surface area contributed by atoms with Gasteiger partial charge in [-0.05, 0) is 66.7 Å². The molecule has 4 aromatic rings. The van der Waals surface area contributed by atoms with E-state index >= 15 is 0 Å². The van der Waals surface area contributed by atoms with Gasteiger partial charge in [0.25, 0.3) is 0 Å². The van der Waals surface area contributed by atoms with Crippen LogP contribution in [0.4, 0.5) is 29.3 Å². The summed E-state index contributed by atoms with van der Waals surface area (Å²) in [5.41, 5.74) is 0.299. The van der Waals surface area contributed by atoms with E-state index in [0.29, 0.717) is 17.3 Å². The molecule has 6 nitrogen and oxygen atoms in total. The average Bonchev–Trinajstić information content (AvgIpc) is 2.80. The zero-order valence-electron chi connectivity index (χ0n) is 17.6. The number of amides is 2. The lowest BCUT2D eigenvalue weighted by Crippen LogP contribution is -2.19. The van der Waals surface area contributed by atoms with E-state index in [2.05, 4.69) is 31.5 Å². The predicted octanol–water partition coefficient (Wildman–Crippen LogP) is 7.46. The number of urea groups is 1. The molecule has 0 atom stereocenters. The monoisotopic (exact) mass is 531 g/mol. The lowest BCUT2D eigenvalue weighted by molar-refractivity contribution is -0.138. The number of aromatic nitrogens is 1. The SMILES string of the molecule is COc1ccc2nc(Oc3ccc(NC(=O)Nc4ccc(Br)c(C(F)(F)F)c4)cc3)ccc2c1. The number of carbonyl (C=O) groups excluding carboxylic acids is 1. The van der Waals surface area contributed by atoms with E-state index in [9.17, 15) is 18.0 Å². The highest BCUT2D eigenvalue weighted by molar-refractivity contribution is 9.10. The van der Waals surface area contributed by atoms with Gasteiger partial charge in [0.2, 0.25) is 5.88 Å². The van der Waals surface area contributed by atoms with E-state index in [1.165, 1.54) is 12.1 Å². The number of anilines is 2. The molecule has 1 aromatic heterocycles. The van der Waals surface area contributed by atoms with Gasteiger partial charge in [-0.3, -0.25) is 0 Å². The second-order valence-electron chi connectivity index (χ2n) is 7.11. The lowest BCUT2D eigenvalue weighted by Gasteiger charge is -2.13. The fraction of sp³-hybridized carbons (Fsp3) is 0.0833. The van der Waals surface area contributed by atoms with Crippen molar-refractivity contribution in [1.29, 1.82) is 0 Å². The molecule has 0 saturated carbocycles. The summed E-state index contributed by atoms with van der Waals surface area (Å²) < 4.78 is 50.0. The highest BCUT2D eigenvalue weighted by Crippen LogP contribution is 2.36. The second-order valence-corrected chi connectivity index (χ2v) is 7.96. The predicted molar refractivity (Wildman–Crippen MR) is 127 cm³/mol. The fourth-order valence-corrected chi connectivity index (χ4v) is 3.58. The molecule has 0 aliphatic heterocycles. The summed E-state index contributed by atoms with van der Waals surface area (Å²) in [7, 11) is 1.60. The van der Waals surface area contributed by atoms with Gasteiger partial charge >= 0.3 is 12.2 Å². The first kappa shape index (κ1) is 23.4. The molecule has 0 fully saturated rings. The Labute approximate surface area is 200 Å². The molecule has 0 aliphatic carbocycles. The number of hydrogen-bond acceptors (Lipinski definition) is 4. The van der Waals surface area contributed by atoms with Crippen LogP contribution in [-0.2, 0) is 6.18 Å². The molecule has 2 amide bonds. The van der Waals surface area contributed by atoms with Crippen LogP contribution in [0.15, 0.2) is 77.3 Å². The quantitative estimate of drug-likeness (QED) is 0.280. The number of benzene rings is 3. The first-order chi connectivity index (χ1) is 16.2. The van der Waals surface area contributed by atoms with Gasteiger partial charge in [-0.25, -0.2) is 9.78 Å². The standard InChI is InChI=1S/C24H17BrF3N3O3/c1-33-18-8-10-21-14(12-18)2-11-22(31-21)34-17-6-3-15(4-7-17)29-23(32)30-16-5-9-20(25)19(13-16)24(26,27)28/h2-13H,1H3,(H2,29,30,32). The van der Waals surface area contributed by atoms with Crippen molar-refractivity contribution in [3.63, 3.8) is 0 Å². The molecule has 0 aliphatic rings. The molecule has 0 saturated heterocycles. The number of ether oxygens (including phenoxy) is 2. The number of nitrogens with zero attached hydrogens (tertiary/aromatic N) is 1. The maximum absolute atomic E-state index is 13.0. The molecule has 0 unspecified atom stereocenters. The van der Waals surface area contributed by atoms with Crippen LogP contribution in [0.5, 0.6) is 17.4 Å². The number of hydrogen-bond donors (Lipinski definition) is 2. The third-order valence-corrected chi connectivity index (χ3v) is 5.43. The van der Waals surface area contributed by atoms with Crippen molar-refractivity contribution in [1.82, 2.24) is 4.98 Å². The summed E-state index contributed by atoms with van der Waals surface area (Å²) in [4.78, 5) is 16.7. The number of fused-ring (bicyclic) bond motifs is 1. The Balaban J connectivity index is 1.39. The Morgan fingerprint density at radius 2 is 1.56 bits per heavy atom. The van der Waals surface area contributed by atoms with Gasteiger partial charge in [-0.1, -0.05) is 15.9 Å². The number of alkyl halides is 3. The largest absolute Gasteiger partial charge is 0.497 e. The number of methoxy groups -OCH3 is 1. The van der Waals surface area contributed by atoms with Crippen LogP contribution in [0.3, 0.4) is 0 Å². The molecular formula is C24H17BrF3N3O3. The minimum Gasteiger partial charge on any atom is -0.497 e. The molecule has 34 heavy (non-hydrogen) atoms. The van der Waals surface area contributed by atoms with Crippen molar-refractivity contribution in [2.24, 2.45) is 0 Å². The molecule has 10 heteroatoms. The Kier molecular flexibility index (Phi) is 6.60. The Morgan fingerprint density at radius 3 is 2.26 bits per heavy atom. The summed E-state index contributed by atoms with van der Waals surface area (Å²) in [6.45, 7) is 0. The molecule has 174 valence electrons. The van der Waals surface area contributed by atoms with Crippen molar-refractivity contribution in [2.75, 3.05) is 17.7 Å². The highest BCUT2D eigenvalue weighted by Gasteiger charge is 2.33. The van der Waals surface area contributed by atoms with Gasteiger partial charge in [0.05, 0.1) is 18.2 Å². The van der Waals surface area contributed by atoms with Crippen molar-refractivity contribution in [3.8, 4) is 17.4 Å². The summed E-state index contributed by atoms with van der Waals surface area (Å²) in [5.74, 6) is 1.62. The number of pyridine rings is 1. The fourth-order valence-electron chi connectivity index (χ4n) is 3.11. The van der Waals surface area contributed by atoms with Crippen LogP contribution in [-0.4, -0.2) is 18.1 Å². The van der Waals surface area contributed by atoms with E-state index in [-0.39, 0.29) is 10.2 Å². The maximum atomic E-state index is 13.0. The Bertz CT molecular complexity index is 1350. The maximum Gasteiger partial charge on any atom is 0.417 e. The summed E-state index contributed by atoms with van der Waals surface area (Å²) in [5, 5.41) is 5.86. The van der Waals surface area contributed by atoms with Gasteiger partial charge in [0.15, 0.2) is 0 Å². The third-order valence-electron chi connectivity index (χ3n) is 4.74. The molecule has 2 N–H and O–H groups in total. The van der Waals surface area contributed by atoms with Crippen LogP contribution < -0.4 is 20.1 Å². The Morgan fingerprint density at radius 1 is 0.882 bits per heavy atom. The van der Waals surface area contributed by atoms with E-state index in [1.54, 1.807) is 37.4 Å². The molecule has 0 bridgehead atoms. The van der Waals surface area contributed by atoms with E-state index in [1.807, 2.05) is 24.3 Å². The van der Waals surface area contributed by atoms with Crippen LogP contribution in [0, 0.1) is 0 Å². The highest BCUT2D eigenvalue weighted by atomic mass is 79.9. The first-order valence-electron chi connectivity index (χ1n) is 9.89. The summed E-state index contributed by atoms with van der Waals surface area (Å²) >= 11 is 2.86. The molecule has 0 radical (unpaired) electrons. The molecular weight excluding hydrogens is 515 g/mol. The number of carbonyl (C=O) groups is 1. The van der Waals surface area contributed by atoms with Crippen molar-refractivity contribution in [3.05, 3.63) is 82.8 Å². The van der Waals surface area contributed by atoms with Gasteiger partial charge in [0, 0.05) is 27.3 Å². The third kappa shape index (κ3) is 5.57. The molecule has 4 rings (SSSR count). The van der Waals surface area contributed by atoms with E-state index in [4.69, 9.17) is 9.47 Å². The van der Waals surface area contributed by atoms with Gasteiger partial charge in [-0.2, -0.15) is 13.2 Å². The van der Waals surface area contributed by atoms with Gasteiger partial charge < -0.3 is 20.1 Å². The summed E-state index contributed by atoms with van der Waals surface area (Å²) in [6, 6.07) is 18.3. The Hall–Kier alpha value is -3.79. The number of halogens is 4. The molecule has 3 aromatic carbocycles. The van der Waals surface area contributed by atoms with Gasteiger partial charge in [-0.15, -0.1) is 0 Å². The smallest absolute Gasteiger partial charge is 0.417 e. The molecule has 0 spiro atoms. The zero-order valence-corrected chi connectivity index (χ0v) is 19.2. The minimum atomic E-state index is -4.55. The zero-order chi connectivity index (χ0) is 24.3. The first-order valence-corrected chi connectivity index (χ1v) is 10.7. The van der Waals surface area contributed by atoms with Crippen LogP contribution in [0.2, 0.25) is 0 Å². The normalized spacial score (nSPS) is 11.2. The van der Waals surface area contributed by atoms with Crippen molar-refractivity contribution < 1.29 is 27.4 Å². The molecule has 1 heterocycles. The van der Waals surface area contributed by atoms with Crippen molar-refractivity contribution >= 4 is 44.2 Å². The van der Waals surface area contributed by atoms with Crippen molar-refractivity contribution in [2.45, 2.75) is 6.18 Å². The number of nitrogens with one attached hydrogen (secondary N) is 2. The topological polar surface area (TPSA) is 72.5 Å². The second kappa shape index (κ2) is 9.60. The average molecular weight is 532 g/mol. The van der Waals surface area contributed by atoms with Crippen LogP contribution >= 0.6 is 15.9 Å². The lowest BCUT2D eigenvalue weighted by atomic mass is 10.2. The van der Waals surface area contributed by atoms with Crippen LogP contribution in [0.25, 0.3) is 10.9 Å². The minimum absolute atomic E-state index is 0.00739. The van der Waals surface area contributed by atoms with E-state index in [0.717, 1.165) is 22.7 Å². The summed E-state index contributed by atoms with van der Waals surface area (Å²) in [6.07, 6.45) is -4.55. The van der Waals surface area contributed by atoms with E-state index < -0.39 is 17.8 Å². The van der Waals surface area contributed by atoms with Crippen LogP contribution in [0.1, 0.15) is 5.56 Å².